The van der Waals surface area contributed by atoms with Crippen LogP contribution in [-0.2, 0) is 13.1 Å². The lowest BCUT2D eigenvalue weighted by Gasteiger charge is -2.32. The SMILES string of the molecule is NCc1nnc(C2CCN(c3ccccn3)CC2)n1Cc1ccccc1. The maximum atomic E-state index is 5.91. The molecule has 3 aromatic rings. The predicted octanol–water partition coefficient (Wildman–Crippen LogP) is 2.56. The van der Waals surface area contributed by atoms with Crippen molar-refractivity contribution in [3.63, 3.8) is 0 Å². The molecule has 0 bridgehead atoms. The lowest BCUT2D eigenvalue weighted by atomic mass is 9.95. The highest BCUT2D eigenvalue weighted by molar-refractivity contribution is 5.38. The first-order valence-corrected chi connectivity index (χ1v) is 9.17. The topological polar surface area (TPSA) is 72.9 Å². The molecule has 26 heavy (non-hydrogen) atoms. The van der Waals surface area contributed by atoms with Gasteiger partial charge in [0.1, 0.15) is 17.5 Å². The van der Waals surface area contributed by atoms with E-state index in [1.807, 2.05) is 24.4 Å². The highest BCUT2D eigenvalue weighted by Crippen LogP contribution is 2.29. The third-order valence-electron chi connectivity index (χ3n) is 5.06. The first-order valence-electron chi connectivity index (χ1n) is 9.17. The zero-order valence-corrected chi connectivity index (χ0v) is 14.8. The van der Waals surface area contributed by atoms with Crippen molar-refractivity contribution in [1.82, 2.24) is 19.7 Å². The molecule has 0 aliphatic carbocycles. The van der Waals surface area contributed by atoms with E-state index in [1.165, 1.54) is 5.56 Å². The summed E-state index contributed by atoms with van der Waals surface area (Å²) >= 11 is 0. The van der Waals surface area contributed by atoms with Gasteiger partial charge in [0, 0.05) is 25.2 Å². The minimum Gasteiger partial charge on any atom is -0.357 e. The summed E-state index contributed by atoms with van der Waals surface area (Å²) in [7, 11) is 0. The normalized spacial score (nSPS) is 15.3. The Morgan fingerprint density at radius 2 is 1.73 bits per heavy atom. The van der Waals surface area contributed by atoms with E-state index >= 15 is 0 Å². The molecular formula is C20H24N6. The summed E-state index contributed by atoms with van der Waals surface area (Å²) in [5.41, 5.74) is 7.15. The molecule has 0 spiro atoms. The minimum absolute atomic E-state index is 0.409. The molecule has 6 heteroatoms. The maximum absolute atomic E-state index is 5.91. The van der Waals surface area contributed by atoms with E-state index in [0.29, 0.717) is 12.5 Å². The average Bonchev–Trinajstić information content (AvgIpc) is 3.12. The van der Waals surface area contributed by atoms with Gasteiger partial charge in [0.25, 0.3) is 0 Å². The van der Waals surface area contributed by atoms with Crippen LogP contribution in [-0.4, -0.2) is 32.8 Å². The molecule has 6 nitrogen and oxygen atoms in total. The third kappa shape index (κ3) is 3.46. The van der Waals surface area contributed by atoms with Crippen LogP contribution < -0.4 is 10.6 Å². The van der Waals surface area contributed by atoms with E-state index in [4.69, 9.17) is 5.73 Å². The Morgan fingerprint density at radius 1 is 0.962 bits per heavy atom. The highest BCUT2D eigenvalue weighted by atomic mass is 15.3. The van der Waals surface area contributed by atoms with E-state index in [2.05, 4.69) is 55.0 Å². The zero-order valence-electron chi connectivity index (χ0n) is 14.8. The minimum atomic E-state index is 0.409. The molecule has 1 aromatic carbocycles. The summed E-state index contributed by atoms with van der Waals surface area (Å²) < 4.78 is 2.20. The lowest BCUT2D eigenvalue weighted by molar-refractivity contribution is 0.465. The van der Waals surface area contributed by atoms with Crippen molar-refractivity contribution in [3.8, 4) is 0 Å². The molecule has 134 valence electrons. The van der Waals surface area contributed by atoms with Crippen molar-refractivity contribution in [2.75, 3.05) is 18.0 Å². The summed E-state index contributed by atoms with van der Waals surface area (Å²) in [5.74, 6) is 3.39. The van der Waals surface area contributed by atoms with Crippen LogP contribution in [0.25, 0.3) is 0 Å². The molecular weight excluding hydrogens is 324 g/mol. The van der Waals surface area contributed by atoms with Crippen LogP contribution in [0.2, 0.25) is 0 Å². The van der Waals surface area contributed by atoms with Gasteiger partial charge in [-0.25, -0.2) is 4.98 Å². The van der Waals surface area contributed by atoms with Gasteiger partial charge in [-0.05, 0) is 30.5 Å². The standard InChI is InChI=1S/C20H24N6/c21-14-19-23-24-20(26(19)15-16-6-2-1-3-7-16)17-9-12-25(13-10-17)18-8-4-5-11-22-18/h1-8,11,17H,9-10,12-15,21H2. The van der Waals surface area contributed by atoms with Gasteiger partial charge in [-0.3, -0.25) is 0 Å². The Labute approximate surface area is 153 Å². The van der Waals surface area contributed by atoms with Crippen LogP contribution in [0.15, 0.2) is 54.7 Å². The van der Waals surface area contributed by atoms with Crippen molar-refractivity contribution in [2.45, 2.75) is 31.8 Å². The summed E-state index contributed by atoms with van der Waals surface area (Å²) in [6, 6.07) is 16.5. The van der Waals surface area contributed by atoms with Gasteiger partial charge in [0.15, 0.2) is 0 Å². The molecule has 1 saturated heterocycles. The number of nitrogens with two attached hydrogens (primary N) is 1. The van der Waals surface area contributed by atoms with Crippen molar-refractivity contribution >= 4 is 5.82 Å². The smallest absolute Gasteiger partial charge is 0.147 e. The fraction of sp³-hybridized carbons (Fsp3) is 0.350. The van der Waals surface area contributed by atoms with Crippen LogP contribution in [0.4, 0.5) is 5.82 Å². The van der Waals surface area contributed by atoms with Crippen LogP contribution in [0.3, 0.4) is 0 Å². The predicted molar refractivity (Wildman–Crippen MR) is 102 cm³/mol. The Morgan fingerprint density at radius 3 is 2.42 bits per heavy atom. The number of piperidine rings is 1. The fourth-order valence-electron chi connectivity index (χ4n) is 3.65. The van der Waals surface area contributed by atoms with E-state index < -0.39 is 0 Å². The highest BCUT2D eigenvalue weighted by Gasteiger charge is 2.26. The van der Waals surface area contributed by atoms with Crippen LogP contribution in [0, 0.1) is 0 Å². The second-order valence-corrected chi connectivity index (χ2v) is 6.70. The maximum Gasteiger partial charge on any atom is 0.147 e. The zero-order chi connectivity index (χ0) is 17.8. The average molecular weight is 348 g/mol. The van der Waals surface area contributed by atoms with Crippen LogP contribution in [0.1, 0.15) is 36.0 Å². The third-order valence-corrected chi connectivity index (χ3v) is 5.06. The number of pyridine rings is 1. The number of hydrogen-bond acceptors (Lipinski definition) is 5. The molecule has 1 fully saturated rings. The number of aromatic nitrogens is 4. The molecule has 1 aliphatic rings. The lowest BCUT2D eigenvalue weighted by Crippen LogP contribution is -2.34. The van der Waals surface area contributed by atoms with Crippen LogP contribution >= 0.6 is 0 Å². The Hall–Kier alpha value is -2.73. The molecule has 1 aliphatic heterocycles. The summed E-state index contributed by atoms with van der Waals surface area (Å²) in [4.78, 5) is 6.81. The first-order chi connectivity index (χ1) is 12.8. The van der Waals surface area contributed by atoms with Gasteiger partial charge in [0.2, 0.25) is 0 Å². The molecule has 2 aromatic heterocycles. The van der Waals surface area contributed by atoms with Gasteiger partial charge in [0.05, 0.1) is 13.1 Å². The summed E-state index contributed by atoms with van der Waals surface area (Å²) in [6.45, 7) is 3.15. The second kappa shape index (κ2) is 7.66. The van der Waals surface area contributed by atoms with Crippen molar-refractivity contribution in [1.29, 1.82) is 0 Å². The van der Waals surface area contributed by atoms with E-state index in [-0.39, 0.29) is 0 Å². The van der Waals surface area contributed by atoms with Gasteiger partial charge < -0.3 is 15.2 Å². The van der Waals surface area contributed by atoms with Gasteiger partial charge >= 0.3 is 0 Å². The molecule has 4 rings (SSSR count). The number of hydrogen-bond donors (Lipinski definition) is 1. The van der Waals surface area contributed by atoms with Gasteiger partial charge in [-0.2, -0.15) is 0 Å². The summed E-state index contributed by atoms with van der Waals surface area (Å²) in [6.07, 6.45) is 3.95. The van der Waals surface area contributed by atoms with Crippen molar-refractivity contribution < 1.29 is 0 Å². The molecule has 0 saturated carbocycles. The van der Waals surface area contributed by atoms with E-state index in [9.17, 15) is 0 Å². The van der Waals surface area contributed by atoms with E-state index in [0.717, 1.165) is 49.9 Å². The number of anilines is 1. The molecule has 0 unspecified atom stereocenters. The van der Waals surface area contributed by atoms with Crippen molar-refractivity contribution in [3.05, 3.63) is 71.9 Å². The second-order valence-electron chi connectivity index (χ2n) is 6.70. The van der Waals surface area contributed by atoms with Crippen LogP contribution in [0.5, 0.6) is 0 Å². The molecule has 0 atom stereocenters. The van der Waals surface area contributed by atoms with Crippen molar-refractivity contribution in [2.24, 2.45) is 5.73 Å². The first kappa shape index (κ1) is 16.7. The molecule has 0 radical (unpaired) electrons. The van der Waals surface area contributed by atoms with E-state index in [1.54, 1.807) is 0 Å². The van der Waals surface area contributed by atoms with Gasteiger partial charge in [-0.1, -0.05) is 36.4 Å². The Kier molecular flexibility index (Phi) is 4.93. The Balaban J connectivity index is 1.51. The molecule has 0 amide bonds. The molecule has 3 heterocycles. The fourth-order valence-corrected chi connectivity index (χ4v) is 3.65. The number of benzene rings is 1. The van der Waals surface area contributed by atoms with Gasteiger partial charge in [-0.15, -0.1) is 10.2 Å². The monoisotopic (exact) mass is 348 g/mol. The number of nitrogens with zero attached hydrogens (tertiary/aromatic N) is 5. The Bertz CT molecular complexity index is 822. The largest absolute Gasteiger partial charge is 0.357 e. The summed E-state index contributed by atoms with van der Waals surface area (Å²) in [5, 5.41) is 8.85. The quantitative estimate of drug-likeness (QED) is 0.767. The molecule has 2 N–H and O–H groups in total. The number of rotatable bonds is 5.